The summed E-state index contributed by atoms with van der Waals surface area (Å²) in [5.74, 6) is -0.932. The van der Waals surface area contributed by atoms with E-state index in [0.29, 0.717) is 35.4 Å². The number of carbonyl (C=O) groups is 1. The predicted octanol–water partition coefficient (Wildman–Crippen LogP) is 5.40. The summed E-state index contributed by atoms with van der Waals surface area (Å²) in [4.78, 5) is 14.7. The first-order valence-electron chi connectivity index (χ1n) is 11.0. The molecule has 1 aliphatic carbocycles. The van der Waals surface area contributed by atoms with Gasteiger partial charge in [0.05, 0.1) is 35.0 Å². The Kier molecular flexibility index (Phi) is 5.44. The number of Topliss-reactive ketones (excluding diaryl/α,β-unsaturated/α-hetero) is 1. The Morgan fingerprint density at radius 1 is 1.11 bits per heavy atom. The SMILES string of the molecule is N#CC1=C(N)N(c2cccc(C(F)(F)F)c2)C2=C(C(=O)CCC2)[C@@H]1c1cn[nH]c1-c1ccccc1. The summed E-state index contributed by atoms with van der Waals surface area (Å²) in [5, 5.41) is 17.3. The smallest absolute Gasteiger partial charge is 0.384 e. The van der Waals surface area contributed by atoms with Gasteiger partial charge in [-0.3, -0.25) is 14.8 Å². The van der Waals surface area contributed by atoms with E-state index in [4.69, 9.17) is 5.73 Å². The number of halogens is 3. The van der Waals surface area contributed by atoms with Crippen molar-refractivity contribution < 1.29 is 18.0 Å². The highest BCUT2D eigenvalue weighted by Crippen LogP contribution is 2.48. The van der Waals surface area contributed by atoms with Crippen LogP contribution in [0.4, 0.5) is 18.9 Å². The highest BCUT2D eigenvalue weighted by molar-refractivity contribution is 6.01. The lowest BCUT2D eigenvalue weighted by Crippen LogP contribution is -2.38. The number of hydrogen-bond acceptors (Lipinski definition) is 5. The van der Waals surface area contributed by atoms with Crippen molar-refractivity contribution in [2.75, 3.05) is 4.90 Å². The number of nitrogens with zero attached hydrogens (tertiary/aromatic N) is 3. The molecule has 1 aliphatic heterocycles. The van der Waals surface area contributed by atoms with Crippen molar-refractivity contribution in [2.45, 2.75) is 31.4 Å². The van der Waals surface area contributed by atoms with Crippen molar-refractivity contribution in [3.8, 4) is 17.3 Å². The number of H-pyrrole nitrogens is 1. The fourth-order valence-corrected chi connectivity index (χ4v) is 4.86. The molecule has 6 nitrogen and oxygen atoms in total. The largest absolute Gasteiger partial charge is 0.416 e. The molecule has 3 aromatic rings. The summed E-state index contributed by atoms with van der Waals surface area (Å²) in [6.07, 6.45) is -1.73. The number of hydrogen-bond donors (Lipinski definition) is 2. The van der Waals surface area contributed by atoms with Crippen LogP contribution in [-0.4, -0.2) is 16.0 Å². The third kappa shape index (κ3) is 3.77. The zero-order valence-electron chi connectivity index (χ0n) is 18.4. The molecule has 0 fully saturated rings. The molecule has 0 amide bonds. The molecule has 0 spiro atoms. The third-order valence-corrected chi connectivity index (χ3v) is 6.39. The van der Waals surface area contributed by atoms with Gasteiger partial charge in [0, 0.05) is 28.9 Å². The fourth-order valence-electron chi connectivity index (χ4n) is 4.86. The van der Waals surface area contributed by atoms with E-state index in [9.17, 15) is 23.2 Å². The minimum Gasteiger partial charge on any atom is -0.384 e. The van der Waals surface area contributed by atoms with Crippen LogP contribution in [0.25, 0.3) is 11.3 Å². The first-order valence-corrected chi connectivity index (χ1v) is 11.0. The van der Waals surface area contributed by atoms with Gasteiger partial charge in [-0.2, -0.15) is 23.5 Å². The number of aromatic amines is 1. The number of carbonyl (C=O) groups excluding carboxylic acids is 1. The van der Waals surface area contributed by atoms with Crippen LogP contribution in [0.1, 0.15) is 36.3 Å². The van der Waals surface area contributed by atoms with Crippen LogP contribution in [0.2, 0.25) is 0 Å². The number of ketones is 1. The lowest BCUT2D eigenvalue weighted by Gasteiger charge is -2.39. The summed E-state index contributed by atoms with van der Waals surface area (Å²) in [7, 11) is 0. The van der Waals surface area contributed by atoms with Crippen molar-refractivity contribution in [3.63, 3.8) is 0 Å². The Hall–Kier alpha value is -4.32. The maximum atomic E-state index is 13.4. The Morgan fingerprint density at radius 3 is 2.60 bits per heavy atom. The Morgan fingerprint density at radius 2 is 1.89 bits per heavy atom. The average Bonchev–Trinajstić information content (AvgIpc) is 3.33. The van der Waals surface area contributed by atoms with Gasteiger partial charge in [0.1, 0.15) is 5.82 Å². The maximum absolute atomic E-state index is 13.4. The summed E-state index contributed by atoms with van der Waals surface area (Å²) in [6.45, 7) is 0. The Labute approximate surface area is 199 Å². The Bertz CT molecular complexity index is 1410. The second-order valence-electron chi connectivity index (χ2n) is 8.43. The molecule has 1 aromatic heterocycles. The molecule has 0 radical (unpaired) electrons. The van der Waals surface area contributed by atoms with Gasteiger partial charge >= 0.3 is 6.18 Å². The monoisotopic (exact) mass is 475 g/mol. The number of nitrogens with two attached hydrogens (primary N) is 1. The lowest BCUT2D eigenvalue weighted by molar-refractivity contribution is -0.137. The molecular formula is C26H20F3N5O. The number of anilines is 1. The fraction of sp³-hybridized carbons (Fsp3) is 0.192. The third-order valence-electron chi connectivity index (χ3n) is 6.39. The number of nitrogens with one attached hydrogen (secondary N) is 1. The molecule has 0 saturated heterocycles. The number of rotatable bonds is 3. The normalized spacial score (nSPS) is 18.5. The van der Waals surface area contributed by atoms with E-state index in [1.54, 1.807) is 6.20 Å². The van der Waals surface area contributed by atoms with Crippen LogP contribution in [0.5, 0.6) is 0 Å². The van der Waals surface area contributed by atoms with Gasteiger partial charge < -0.3 is 5.73 Å². The van der Waals surface area contributed by atoms with Crippen molar-refractivity contribution in [1.82, 2.24) is 10.2 Å². The molecule has 0 unspecified atom stereocenters. The van der Waals surface area contributed by atoms with Gasteiger partial charge in [0.25, 0.3) is 0 Å². The van der Waals surface area contributed by atoms with Gasteiger partial charge in [-0.05, 0) is 36.6 Å². The summed E-state index contributed by atoms with van der Waals surface area (Å²) in [6, 6.07) is 16.2. The molecule has 3 N–H and O–H groups in total. The second-order valence-corrected chi connectivity index (χ2v) is 8.43. The molecule has 2 aromatic carbocycles. The van der Waals surface area contributed by atoms with E-state index in [1.807, 2.05) is 30.3 Å². The maximum Gasteiger partial charge on any atom is 0.416 e. The molecule has 176 valence electrons. The van der Waals surface area contributed by atoms with Crippen LogP contribution >= 0.6 is 0 Å². The first-order chi connectivity index (χ1) is 16.8. The molecule has 0 bridgehead atoms. The van der Waals surface area contributed by atoms with Gasteiger partial charge in [-0.1, -0.05) is 36.4 Å². The highest BCUT2D eigenvalue weighted by atomic mass is 19.4. The molecular weight excluding hydrogens is 455 g/mol. The summed E-state index contributed by atoms with van der Waals surface area (Å²) >= 11 is 0. The molecule has 2 heterocycles. The van der Waals surface area contributed by atoms with Crippen LogP contribution in [0.3, 0.4) is 0 Å². The van der Waals surface area contributed by atoms with E-state index in [0.717, 1.165) is 17.7 Å². The molecule has 0 saturated carbocycles. The van der Waals surface area contributed by atoms with E-state index >= 15 is 0 Å². The van der Waals surface area contributed by atoms with Crippen molar-refractivity contribution in [2.24, 2.45) is 5.73 Å². The van der Waals surface area contributed by atoms with E-state index in [1.165, 1.54) is 17.0 Å². The van der Waals surface area contributed by atoms with E-state index in [-0.39, 0.29) is 29.3 Å². The van der Waals surface area contributed by atoms with Crippen LogP contribution in [0.15, 0.2) is 83.5 Å². The van der Waals surface area contributed by atoms with Crippen molar-refractivity contribution in [1.29, 1.82) is 5.26 Å². The van der Waals surface area contributed by atoms with Gasteiger partial charge in [0.15, 0.2) is 5.78 Å². The molecule has 9 heteroatoms. The van der Waals surface area contributed by atoms with Crippen LogP contribution < -0.4 is 10.6 Å². The Balaban J connectivity index is 1.73. The zero-order chi connectivity index (χ0) is 24.7. The molecule has 35 heavy (non-hydrogen) atoms. The van der Waals surface area contributed by atoms with Gasteiger partial charge in [-0.25, -0.2) is 0 Å². The predicted molar refractivity (Wildman–Crippen MR) is 123 cm³/mol. The summed E-state index contributed by atoms with van der Waals surface area (Å²) in [5.41, 5.74) is 8.87. The highest BCUT2D eigenvalue weighted by Gasteiger charge is 2.42. The quantitative estimate of drug-likeness (QED) is 0.529. The number of aromatic nitrogens is 2. The molecule has 2 aliphatic rings. The topological polar surface area (TPSA) is 98.8 Å². The summed E-state index contributed by atoms with van der Waals surface area (Å²) < 4.78 is 40.3. The zero-order valence-corrected chi connectivity index (χ0v) is 18.4. The number of allylic oxidation sites excluding steroid dienone is 3. The van der Waals surface area contributed by atoms with E-state index in [2.05, 4.69) is 16.3 Å². The number of nitriles is 1. The minimum absolute atomic E-state index is 0.00508. The van der Waals surface area contributed by atoms with Crippen LogP contribution in [0, 0.1) is 11.3 Å². The van der Waals surface area contributed by atoms with Crippen molar-refractivity contribution in [3.05, 3.63) is 94.6 Å². The van der Waals surface area contributed by atoms with Gasteiger partial charge in [-0.15, -0.1) is 0 Å². The standard InChI is InChI=1S/C26H20F3N5O/c27-26(28,29)16-8-4-9-17(12-16)34-20-10-5-11-21(35)23(20)22(18(13-30)25(34)31)19-14-32-33-24(19)15-6-2-1-3-7-15/h1-4,6-9,12,14,22H,5,10-11,31H2,(H,32,33)/t22-/m0/s1. The van der Waals surface area contributed by atoms with Crippen molar-refractivity contribution >= 4 is 11.5 Å². The first kappa shape index (κ1) is 22.5. The second kappa shape index (κ2) is 8.47. The minimum atomic E-state index is -4.55. The van der Waals surface area contributed by atoms with Crippen LogP contribution in [-0.2, 0) is 11.0 Å². The van der Waals surface area contributed by atoms with E-state index < -0.39 is 17.7 Å². The lowest BCUT2D eigenvalue weighted by atomic mass is 9.75. The number of alkyl halides is 3. The van der Waals surface area contributed by atoms with Gasteiger partial charge in [0.2, 0.25) is 0 Å². The molecule has 1 atom stereocenters. The average molecular weight is 475 g/mol. The molecule has 5 rings (SSSR count). The number of benzene rings is 2.